The smallest absolute Gasteiger partial charge is 0.212 e. The molecule has 102 valence electrons. The minimum Gasteiger partial charge on any atom is -0.212 e. The van der Waals surface area contributed by atoms with E-state index >= 15 is 0 Å². The van der Waals surface area contributed by atoms with Gasteiger partial charge in [0.05, 0.1) is 5.75 Å². The van der Waals surface area contributed by atoms with Gasteiger partial charge in [0.15, 0.2) is 0 Å². The third kappa shape index (κ3) is 3.33. The zero-order valence-corrected chi connectivity index (χ0v) is 12.1. The summed E-state index contributed by atoms with van der Waals surface area (Å²) in [5, 5.41) is 2.22. The van der Waals surface area contributed by atoms with Crippen LogP contribution in [0.4, 0.5) is 0 Å². The summed E-state index contributed by atoms with van der Waals surface area (Å²) in [4.78, 5) is 0. The van der Waals surface area contributed by atoms with Crippen molar-refractivity contribution in [3.8, 4) is 0 Å². The predicted octanol–water partition coefficient (Wildman–Crippen LogP) is 3.23. The normalized spacial score (nSPS) is 13.6. The summed E-state index contributed by atoms with van der Waals surface area (Å²) in [6.45, 7) is 3.75. The lowest BCUT2D eigenvalue weighted by molar-refractivity contribution is 0.566. The molecule has 0 unspecified atom stereocenters. The van der Waals surface area contributed by atoms with Crippen LogP contribution in [0.1, 0.15) is 31.9 Å². The lowest BCUT2D eigenvalue weighted by atomic mass is 10.0. The molecule has 0 saturated carbocycles. The van der Waals surface area contributed by atoms with Gasteiger partial charge in [-0.05, 0) is 29.7 Å². The van der Waals surface area contributed by atoms with E-state index in [9.17, 15) is 8.42 Å². The number of sulfonamides is 1. The summed E-state index contributed by atoms with van der Waals surface area (Å²) in [6.07, 6.45) is 0.623. The van der Waals surface area contributed by atoms with Crippen molar-refractivity contribution < 1.29 is 8.42 Å². The largest absolute Gasteiger partial charge is 0.212 e. The zero-order chi connectivity index (χ0) is 13.9. The summed E-state index contributed by atoms with van der Waals surface area (Å²) in [6, 6.07) is 13.8. The van der Waals surface area contributed by atoms with Gasteiger partial charge >= 0.3 is 0 Å². The van der Waals surface area contributed by atoms with Crippen molar-refractivity contribution in [1.29, 1.82) is 0 Å². The highest BCUT2D eigenvalue weighted by Gasteiger charge is 2.16. The van der Waals surface area contributed by atoms with E-state index in [0.29, 0.717) is 6.42 Å². The van der Waals surface area contributed by atoms with E-state index < -0.39 is 10.0 Å². The van der Waals surface area contributed by atoms with Gasteiger partial charge in [-0.25, -0.2) is 13.1 Å². The van der Waals surface area contributed by atoms with Crippen molar-refractivity contribution in [3.05, 3.63) is 48.0 Å². The molecule has 2 rings (SSSR count). The zero-order valence-electron chi connectivity index (χ0n) is 11.3. The highest BCUT2D eigenvalue weighted by atomic mass is 32.2. The van der Waals surface area contributed by atoms with Crippen molar-refractivity contribution in [2.45, 2.75) is 26.3 Å². The van der Waals surface area contributed by atoms with E-state index in [4.69, 9.17) is 0 Å². The molecule has 0 saturated heterocycles. The van der Waals surface area contributed by atoms with Gasteiger partial charge in [-0.15, -0.1) is 0 Å². The third-order valence-electron chi connectivity index (χ3n) is 3.12. The molecule has 0 spiro atoms. The molecule has 19 heavy (non-hydrogen) atoms. The topological polar surface area (TPSA) is 46.2 Å². The first-order valence-electron chi connectivity index (χ1n) is 6.51. The van der Waals surface area contributed by atoms with Crippen LogP contribution >= 0.6 is 0 Å². The highest BCUT2D eigenvalue weighted by Crippen LogP contribution is 2.24. The van der Waals surface area contributed by atoms with Crippen LogP contribution in [0.5, 0.6) is 0 Å². The molecule has 0 amide bonds. The number of fused-ring (bicyclic) bond motifs is 1. The van der Waals surface area contributed by atoms with Crippen LogP contribution in [0.25, 0.3) is 10.8 Å². The Labute approximate surface area is 114 Å². The Morgan fingerprint density at radius 3 is 2.53 bits per heavy atom. The molecular weight excluding hydrogens is 258 g/mol. The molecule has 1 N–H and O–H groups in total. The van der Waals surface area contributed by atoms with Gasteiger partial charge in [-0.2, -0.15) is 0 Å². The van der Waals surface area contributed by atoms with Crippen molar-refractivity contribution in [1.82, 2.24) is 4.72 Å². The predicted molar refractivity (Wildman–Crippen MR) is 79.6 cm³/mol. The van der Waals surface area contributed by atoms with Crippen molar-refractivity contribution >= 4 is 20.8 Å². The molecule has 0 aliphatic carbocycles. The number of nitrogens with one attached hydrogen (secondary N) is 1. The van der Waals surface area contributed by atoms with Gasteiger partial charge in [-0.1, -0.05) is 49.4 Å². The quantitative estimate of drug-likeness (QED) is 0.912. The number of benzene rings is 2. The first-order valence-corrected chi connectivity index (χ1v) is 8.16. The number of rotatable bonds is 5. The number of hydrogen-bond acceptors (Lipinski definition) is 2. The SMILES string of the molecule is CCCS(=O)(=O)N[C@H](C)c1cccc2ccccc12. The van der Waals surface area contributed by atoms with Gasteiger partial charge in [0.25, 0.3) is 0 Å². The first-order chi connectivity index (χ1) is 9.03. The fraction of sp³-hybridized carbons (Fsp3) is 0.333. The van der Waals surface area contributed by atoms with E-state index in [1.54, 1.807) is 0 Å². The maximum atomic E-state index is 11.8. The molecule has 2 aromatic carbocycles. The summed E-state index contributed by atoms with van der Waals surface area (Å²) < 4.78 is 26.4. The van der Waals surface area contributed by atoms with Crippen LogP contribution in [0.15, 0.2) is 42.5 Å². The van der Waals surface area contributed by atoms with Gasteiger partial charge in [-0.3, -0.25) is 0 Å². The van der Waals surface area contributed by atoms with E-state index in [1.165, 1.54) is 0 Å². The van der Waals surface area contributed by atoms with Crippen molar-refractivity contribution in [2.24, 2.45) is 0 Å². The third-order valence-corrected chi connectivity index (χ3v) is 4.78. The molecule has 2 aromatic rings. The lowest BCUT2D eigenvalue weighted by Crippen LogP contribution is -2.29. The highest BCUT2D eigenvalue weighted by molar-refractivity contribution is 7.89. The molecule has 4 heteroatoms. The molecule has 0 radical (unpaired) electrons. The Bertz CT molecular complexity index is 659. The fourth-order valence-corrected chi connectivity index (χ4v) is 3.61. The Morgan fingerprint density at radius 1 is 1.11 bits per heavy atom. The molecule has 1 atom stereocenters. The summed E-state index contributed by atoms with van der Waals surface area (Å²) in [5.74, 6) is 0.169. The standard InChI is InChI=1S/C15H19NO2S/c1-3-11-19(17,18)16-12(2)14-10-6-8-13-7-4-5-9-15(13)14/h4-10,12,16H,3,11H2,1-2H3/t12-/m1/s1. The first kappa shape index (κ1) is 14.0. The molecule has 0 fully saturated rings. The van der Waals surface area contributed by atoms with E-state index in [0.717, 1.165) is 16.3 Å². The van der Waals surface area contributed by atoms with Crippen molar-refractivity contribution in [2.75, 3.05) is 5.75 Å². The van der Waals surface area contributed by atoms with Crippen LogP contribution in [-0.4, -0.2) is 14.2 Å². The monoisotopic (exact) mass is 277 g/mol. The van der Waals surface area contributed by atoms with Gasteiger partial charge in [0, 0.05) is 6.04 Å². The van der Waals surface area contributed by atoms with Crippen LogP contribution < -0.4 is 4.72 Å². The molecule has 0 aliphatic heterocycles. The number of hydrogen-bond donors (Lipinski definition) is 1. The second kappa shape index (κ2) is 5.72. The Morgan fingerprint density at radius 2 is 1.79 bits per heavy atom. The van der Waals surface area contributed by atoms with E-state index in [-0.39, 0.29) is 11.8 Å². The maximum Gasteiger partial charge on any atom is 0.212 e. The van der Waals surface area contributed by atoms with Crippen LogP contribution in [0.2, 0.25) is 0 Å². The van der Waals surface area contributed by atoms with Crippen LogP contribution in [-0.2, 0) is 10.0 Å². The molecule has 0 bridgehead atoms. The fourth-order valence-electron chi connectivity index (χ4n) is 2.29. The van der Waals surface area contributed by atoms with E-state index in [2.05, 4.69) is 4.72 Å². The Kier molecular flexibility index (Phi) is 4.22. The van der Waals surface area contributed by atoms with Gasteiger partial charge in [0.2, 0.25) is 10.0 Å². The van der Waals surface area contributed by atoms with Gasteiger partial charge < -0.3 is 0 Å². The lowest BCUT2D eigenvalue weighted by Gasteiger charge is -2.16. The average molecular weight is 277 g/mol. The average Bonchev–Trinajstić information content (AvgIpc) is 2.37. The van der Waals surface area contributed by atoms with Crippen LogP contribution in [0, 0.1) is 0 Å². The molecule has 0 aliphatic rings. The minimum atomic E-state index is -3.20. The molecule has 0 aromatic heterocycles. The molecule has 0 heterocycles. The van der Waals surface area contributed by atoms with Crippen LogP contribution in [0.3, 0.4) is 0 Å². The molecular formula is C15H19NO2S. The van der Waals surface area contributed by atoms with E-state index in [1.807, 2.05) is 56.3 Å². The Hall–Kier alpha value is -1.39. The maximum absolute atomic E-state index is 11.8. The van der Waals surface area contributed by atoms with Gasteiger partial charge in [0.1, 0.15) is 0 Å². The minimum absolute atomic E-state index is 0.169. The summed E-state index contributed by atoms with van der Waals surface area (Å²) >= 11 is 0. The summed E-state index contributed by atoms with van der Waals surface area (Å²) in [7, 11) is -3.20. The second-order valence-corrected chi connectivity index (χ2v) is 6.60. The second-order valence-electron chi connectivity index (χ2n) is 4.73. The van der Waals surface area contributed by atoms with Crippen molar-refractivity contribution in [3.63, 3.8) is 0 Å². The Balaban J connectivity index is 2.34. The molecule has 3 nitrogen and oxygen atoms in total. The summed E-state index contributed by atoms with van der Waals surface area (Å²) in [5.41, 5.74) is 1.01.